The van der Waals surface area contributed by atoms with Gasteiger partial charge in [0.05, 0.1) is 0 Å². The molecule has 0 saturated heterocycles. The van der Waals surface area contributed by atoms with Crippen molar-refractivity contribution in [1.82, 2.24) is 0 Å². The minimum absolute atomic E-state index is 0.102. The molecule has 0 radical (unpaired) electrons. The lowest BCUT2D eigenvalue weighted by atomic mass is 10.3. The molecular weight excluding hydrogens is 192 g/mol. The van der Waals surface area contributed by atoms with Crippen molar-refractivity contribution in [2.45, 2.75) is 0 Å². The quantitative estimate of drug-likeness (QED) is 0.676. The average molecular weight is 195 g/mol. The Morgan fingerprint density at radius 3 is 1.92 bits per heavy atom. The van der Waals surface area contributed by atoms with Gasteiger partial charge in [-0.05, 0) is 12.1 Å². The van der Waals surface area contributed by atoms with Crippen LogP contribution in [0.3, 0.4) is 0 Å². The van der Waals surface area contributed by atoms with E-state index in [1.165, 1.54) is 24.6 Å². The summed E-state index contributed by atoms with van der Waals surface area (Å²) >= 11 is 5.71. The third-order valence-electron chi connectivity index (χ3n) is 1.24. The van der Waals surface area contributed by atoms with Crippen LogP contribution in [0, 0.1) is 23.0 Å². The second kappa shape index (κ2) is 4.20. The van der Waals surface area contributed by atoms with Crippen molar-refractivity contribution in [2.24, 2.45) is 0 Å². The SMILES string of the molecule is N#COc1cccc(OC#N)c1Cl. The average Bonchev–Trinajstić information content (AvgIpc) is 2.13. The lowest BCUT2D eigenvalue weighted by Gasteiger charge is -2.02. The third-order valence-corrected chi connectivity index (χ3v) is 1.61. The van der Waals surface area contributed by atoms with Gasteiger partial charge in [0.1, 0.15) is 5.02 Å². The Labute approximate surface area is 79.5 Å². The second-order valence-corrected chi connectivity index (χ2v) is 2.33. The number of halogens is 1. The van der Waals surface area contributed by atoms with Gasteiger partial charge in [0.15, 0.2) is 11.5 Å². The highest BCUT2D eigenvalue weighted by molar-refractivity contribution is 6.33. The Bertz CT molecular complexity index is 358. The molecule has 0 aliphatic carbocycles. The molecule has 1 aromatic rings. The second-order valence-electron chi connectivity index (χ2n) is 1.95. The number of benzene rings is 1. The maximum Gasteiger partial charge on any atom is 0.292 e. The first-order valence-electron chi connectivity index (χ1n) is 3.20. The van der Waals surface area contributed by atoms with Crippen LogP contribution in [0.5, 0.6) is 11.5 Å². The maximum atomic E-state index is 8.23. The molecule has 0 amide bonds. The Balaban J connectivity index is 3.06. The largest absolute Gasteiger partial charge is 0.386 e. The van der Waals surface area contributed by atoms with Crippen molar-refractivity contribution in [3.05, 3.63) is 23.2 Å². The number of hydrogen-bond acceptors (Lipinski definition) is 4. The molecule has 13 heavy (non-hydrogen) atoms. The molecule has 0 saturated carbocycles. The lowest BCUT2D eigenvalue weighted by Crippen LogP contribution is -1.87. The van der Waals surface area contributed by atoms with Crippen LogP contribution in [0.2, 0.25) is 5.02 Å². The fourth-order valence-electron chi connectivity index (χ4n) is 0.747. The normalized spacial score (nSPS) is 8.23. The fraction of sp³-hybridized carbons (Fsp3) is 0. The highest BCUT2D eigenvalue weighted by atomic mass is 35.5. The monoisotopic (exact) mass is 194 g/mol. The van der Waals surface area contributed by atoms with E-state index in [1.54, 1.807) is 6.07 Å². The van der Waals surface area contributed by atoms with Crippen molar-refractivity contribution in [3.63, 3.8) is 0 Å². The molecule has 0 aliphatic rings. The van der Waals surface area contributed by atoms with Crippen LogP contribution in [0.1, 0.15) is 0 Å². The molecule has 0 atom stereocenters. The smallest absolute Gasteiger partial charge is 0.292 e. The van der Waals surface area contributed by atoms with Gasteiger partial charge in [0.25, 0.3) is 12.5 Å². The molecule has 0 spiro atoms. The van der Waals surface area contributed by atoms with Gasteiger partial charge in [-0.3, -0.25) is 0 Å². The van der Waals surface area contributed by atoms with Crippen LogP contribution in [-0.4, -0.2) is 0 Å². The fourth-order valence-corrected chi connectivity index (χ4v) is 0.950. The van der Waals surface area contributed by atoms with Gasteiger partial charge < -0.3 is 9.47 Å². The number of ether oxygens (including phenoxy) is 2. The molecule has 5 heteroatoms. The van der Waals surface area contributed by atoms with E-state index in [0.717, 1.165) is 0 Å². The molecule has 0 bridgehead atoms. The summed E-state index contributed by atoms with van der Waals surface area (Å²) in [5.74, 6) is 0.328. The zero-order valence-electron chi connectivity index (χ0n) is 6.32. The summed E-state index contributed by atoms with van der Waals surface area (Å²) in [7, 11) is 0. The lowest BCUT2D eigenvalue weighted by molar-refractivity contribution is 0.484. The van der Waals surface area contributed by atoms with E-state index in [0.29, 0.717) is 0 Å². The summed E-state index contributed by atoms with van der Waals surface area (Å²) in [6.45, 7) is 0. The van der Waals surface area contributed by atoms with Crippen LogP contribution < -0.4 is 9.47 Å². The summed E-state index contributed by atoms with van der Waals surface area (Å²) in [6, 6.07) is 4.55. The minimum atomic E-state index is 0.102. The highest BCUT2D eigenvalue weighted by Gasteiger charge is 2.08. The first kappa shape index (κ1) is 9.18. The molecule has 64 valence electrons. The van der Waals surface area contributed by atoms with Crippen LogP contribution >= 0.6 is 11.6 Å². The van der Waals surface area contributed by atoms with Gasteiger partial charge in [-0.25, -0.2) is 0 Å². The summed E-state index contributed by atoms with van der Waals surface area (Å²) in [5.41, 5.74) is 0. The number of hydrogen-bond donors (Lipinski definition) is 0. The van der Waals surface area contributed by atoms with E-state index in [-0.39, 0.29) is 16.5 Å². The Hall–Kier alpha value is -1.91. The summed E-state index contributed by atoms with van der Waals surface area (Å²) < 4.78 is 9.02. The van der Waals surface area contributed by atoms with Crippen LogP contribution in [0.15, 0.2) is 18.2 Å². The summed E-state index contributed by atoms with van der Waals surface area (Å²) in [4.78, 5) is 0. The molecule has 4 nitrogen and oxygen atoms in total. The van der Waals surface area contributed by atoms with Crippen LogP contribution in [-0.2, 0) is 0 Å². The van der Waals surface area contributed by atoms with Gasteiger partial charge in [-0.15, -0.1) is 10.5 Å². The molecule has 0 aromatic heterocycles. The van der Waals surface area contributed by atoms with Gasteiger partial charge in [-0.1, -0.05) is 17.7 Å². The number of nitriles is 2. The maximum absolute atomic E-state index is 8.23. The van der Waals surface area contributed by atoms with Crippen molar-refractivity contribution in [3.8, 4) is 24.0 Å². The van der Waals surface area contributed by atoms with Gasteiger partial charge in [0, 0.05) is 0 Å². The van der Waals surface area contributed by atoms with Gasteiger partial charge in [0.2, 0.25) is 0 Å². The number of nitrogens with zero attached hydrogens (tertiary/aromatic N) is 2. The van der Waals surface area contributed by atoms with Crippen LogP contribution in [0.4, 0.5) is 0 Å². The zero-order chi connectivity index (χ0) is 9.68. The van der Waals surface area contributed by atoms with E-state index in [1.807, 2.05) is 0 Å². The predicted octanol–water partition coefficient (Wildman–Crippen LogP) is 2.06. The van der Waals surface area contributed by atoms with E-state index in [4.69, 9.17) is 22.1 Å². The Kier molecular flexibility index (Phi) is 2.97. The Morgan fingerprint density at radius 1 is 1.08 bits per heavy atom. The first-order valence-corrected chi connectivity index (χ1v) is 3.57. The summed E-state index contributed by atoms with van der Waals surface area (Å²) in [5, 5.41) is 16.6. The summed E-state index contributed by atoms with van der Waals surface area (Å²) in [6.07, 6.45) is 2.94. The molecule has 0 fully saturated rings. The van der Waals surface area contributed by atoms with Crippen molar-refractivity contribution in [1.29, 1.82) is 10.5 Å². The first-order chi connectivity index (χ1) is 6.29. The number of rotatable bonds is 2. The van der Waals surface area contributed by atoms with E-state index in [9.17, 15) is 0 Å². The molecule has 0 N–H and O–H groups in total. The van der Waals surface area contributed by atoms with Gasteiger partial charge in [-0.2, -0.15) is 0 Å². The molecule has 1 aromatic carbocycles. The highest BCUT2D eigenvalue weighted by Crippen LogP contribution is 2.33. The molecule has 0 aliphatic heterocycles. The molecular formula is C8H3ClN2O2. The van der Waals surface area contributed by atoms with E-state index in [2.05, 4.69) is 9.47 Å². The minimum Gasteiger partial charge on any atom is -0.386 e. The molecule has 0 heterocycles. The standard InChI is InChI=1S/C8H3ClN2O2/c9-8-6(12-4-10)2-1-3-7(8)13-5-11/h1-3H. The predicted molar refractivity (Wildman–Crippen MR) is 43.9 cm³/mol. The van der Waals surface area contributed by atoms with Gasteiger partial charge >= 0.3 is 0 Å². The zero-order valence-corrected chi connectivity index (χ0v) is 7.08. The molecule has 1 rings (SSSR count). The van der Waals surface area contributed by atoms with Crippen molar-refractivity contribution in [2.75, 3.05) is 0 Å². The Morgan fingerprint density at radius 2 is 1.54 bits per heavy atom. The van der Waals surface area contributed by atoms with Crippen molar-refractivity contribution >= 4 is 11.6 Å². The topological polar surface area (TPSA) is 66.0 Å². The third kappa shape index (κ3) is 2.02. The van der Waals surface area contributed by atoms with Crippen LogP contribution in [0.25, 0.3) is 0 Å². The molecule has 0 unspecified atom stereocenters. The van der Waals surface area contributed by atoms with E-state index < -0.39 is 0 Å². The van der Waals surface area contributed by atoms with Crippen molar-refractivity contribution < 1.29 is 9.47 Å². The van der Waals surface area contributed by atoms with E-state index >= 15 is 0 Å².